The number of aromatic carboxylic acids is 1. The van der Waals surface area contributed by atoms with Crippen LogP contribution in [0.5, 0.6) is 5.75 Å². The number of fused-ring (bicyclic) bond motifs is 1. The van der Waals surface area contributed by atoms with Gasteiger partial charge in [0, 0.05) is 6.20 Å². The molecule has 116 valence electrons. The molecule has 0 aliphatic carbocycles. The van der Waals surface area contributed by atoms with E-state index in [1.54, 1.807) is 28.8 Å². The van der Waals surface area contributed by atoms with Gasteiger partial charge in [0.25, 0.3) is 0 Å². The van der Waals surface area contributed by atoms with E-state index >= 15 is 0 Å². The number of pyridine rings is 1. The lowest BCUT2D eigenvalue weighted by molar-refractivity contribution is 0.0692. The number of phenolic OH excluding ortho intramolecular Hbond substituents is 1. The second-order valence-corrected chi connectivity index (χ2v) is 5.21. The van der Waals surface area contributed by atoms with Crippen LogP contribution in [0.25, 0.3) is 5.65 Å². The van der Waals surface area contributed by atoms with Crippen molar-refractivity contribution in [1.29, 1.82) is 0 Å². The molecule has 23 heavy (non-hydrogen) atoms. The number of carboxylic acids is 1. The number of carbonyl (C=O) groups is 1. The fraction of sp³-hybridized carbons (Fsp3) is 0.125. The highest BCUT2D eigenvalue weighted by Gasteiger charge is 2.18. The smallest absolute Gasteiger partial charge is 0.358 e. The van der Waals surface area contributed by atoms with Crippen LogP contribution in [-0.4, -0.2) is 25.6 Å². The van der Waals surface area contributed by atoms with E-state index < -0.39 is 5.97 Å². The number of nitrogens with zero attached hydrogens (tertiary/aromatic N) is 4. The van der Waals surface area contributed by atoms with Crippen LogP contribution < -0.4 is 0 Å². The number of aryl methyl sites for hydroxylation is 2. The van der Waals surface area contributed by atoms with Gasteiger partial charge in [0.15, 0.2) is 11.5 Å². The predicted octanol–water partition coefficient (Wildman–Crippen LogP) is 3.77. The van der Waals surface area contributed by atoms with Crippen molar-refractivity contribution in [3.05, 3.63) is 53.3 Å². The maximum Gasteiger partial charge on any atom is 0.358 e. The number of benzene rings is 1. The number of hydrogen-bond donors (Lipinski definition) is 2. The molecule has 0 bridgehead atoms. The highest BCUT2D eigenvalue weighted by Crippen LogP contribution is 2.30. The number of phenols is 1. The first-order valence-corrected chi connectivity index (χ1v) is 6.89. The van der Waals surface area contributed by atoms with Crippen LogP contribution in [0.15, 0.2) is 46.8 Å². The quantitative estimate of drug-likeness (QED) is 0.719. The third-order valence-corrected chi connectivity index (χ3v) is 3.34. The van der Waals surface area contributed by atoms with Gasteiger partial charge < -0.3 is 10.2 Å². The molecule has 0 radical (unpaired) electrons. The Bertz CT molecular complexity index is 944. The highest BCUT2D eigenvalue weighted by atomic mass is 16.4. The summed E-state index contributed by atoms with van der Waals surface area (Å²) in [5, 5.41) is 27.1. The Morgan fingerprint density at radius 2 is 1.87 bits per heavy atom. The number of imidazole rings is 1. The SMILES string of the molecule is Cc1ccc(O)c(N=Nc2c(C(=O)O)nc3cc(C)ccn23)c1. The van der Waals surface area contributed by atoms with Crippen molar-refractivity contribution >= 4 is 23.1 Å². The third-order valence-electron chi connectivity index (χ3n) is 3.34. The summed E-state index contributed by atoms with van der Waals surface area (Å²) in [6.07, 6.45) is 1.69. The van der Waals surface area contributed by atoms with Gasteiger partial charge in [0.2, 0.25) is 0 Å². The van der Waals surface area contributed by atoms with Crippen molar-refractivity contribution in [2.45, 2.75) is 13.8 Å². The van der Waals surface area contributed by atoms with Crippen molar-refractivity contribution < 1.29 is 15.0 Å². The van der Waals surface area contributed by atoms with Gasteiger partial charge >= 0.3 is 5.97 Å². The molecule has 3 aromatic rings. The molecular weight excluding hydrogens is 296 g/mol. The topological polar surface area (TPSA) is 99.5 Å². The molecule has 2 heterocycles. The Morgan fingerprint density at radius 1 is 1.13 bits per heavy atom. The Labute approximate surface area is 131 Å². The molecule has 0 aliphatic rings. The maximum absolute atomic E-state index is 11.4. The number of rotatable bonds is 3. The van der Waals surface area contributed by atoms with E-state index in [9.17, 15) is 15.0 Å². The summed E-state index contributed by atoms with van der Waals surface area (Å²) in [6, 6.07) is 8.50. The fourth-order valence-electron chi connectivity index (χ4n) is 2.19. The van der Waals surface area contributed by atoms with Crippen molar-refractivity contribution in [2.24, 2.45) is 10.2 Å². The summed E-state index contributed by atoms with van der Waals surface area (Å²) in [5.41, 5.74) is 2.42. The molecule has 2 aromatic heterocycles. The van der Waals surface area contributed by atoms with Crippen LogP contribution >= 0.6 is 0 Å². The van der Waals surface area contributed by atoms with Crippen LogP contribution in [0.2, 0.25) is 0 Å². The number of hydrogen-bond acceptors (Lipinski definition) is 5. The molecule has 0 fully saturated rings. The minimum atomic E-state index is -1.19. The van der Waals surface area contributed by atoms with Crippen LogP contribution in [-0.2, 0) is 0 Å². The van der Waals surface area contributed by atoms with Crippen LogP contribution in [0.3, 0.4) is 0 Å². The zero-order chi connectivity index (χ0) is 16.6. The average molecular weight is 310 g/mol. The van der Waals surface area contributed by atoms with Crippen molar-refractivity contribution in [1.82, 2.24) is 9.38 Å². The van der Waals surface area contributed by atoms with Gasteiger partial charge in [0.05, 0.1) is 0 Å². The minimum absolute atomic E-state index is 0.0270. The lowest BCUT2D eigenvalue weighted by atomic mass is 10.2. The number of azo groups is 1. The van der Waals surface area contributed by atoms with E-state index in [1.807, 2.05) is 19.9 Å². The largest absolute Gasteiger partial charge is 0.506 e. The highest BCUT2D eigenvalue weighted by molar-refractivity contribution is 5.91. The molecule has 7 nitrogen and oxygen atoms in total. The van der Waals surface area contributed by atoms with Gasteiger partial charge in [-0.15, -0.1) is 10.2 Å². The Balaban J connectivity index is 2.15. The van der Waals surface area contributed by atoms with Crippen LogP contribution in [0.1, 0.15) is 21.6 Å². The zero-order valence-corrected chi connectivity index (χ0v) is 12.6. The standard InChI is InChI=1S/C16H14N4O3/c1-9-3-4-12(21)11(7-9)18-19-15-14(16(22)23)17-13-8-10(2)5-6-20(13)15/h3-8,21H,1-2H3,(H,22,23). The summed E-state index contributed by atoms with van der Waals surface area (Å²) in [7, 11) is 0. The third kappa shape index (κ3) is 2.76. The molecule has 1 aromatic carbocycles. The molecule has 0 unspecified atom stereocenters. The normalized spacial score (nSPS) is 11.4. The Hall–Kier alpha value is -3.22. The Morgan fingerprint density at radius 3 is 2.61 bits per heavy atom. The van der Waals surface area contributed by atoms with Gasteiger partial charge in [-0.05, 0) is 49.2 Å². The number of aromatic nitrogens is 2. The second kappa shape index (κ2) is 5.53. The number of carboxylic acid groups (broad SMARTS) is 1. The van der Waals surface area contributed by atoms with Gasteiger partial charge in [-0.25, -0.2) is 9.78 Å². The zero-order valence-electron chi connectivity index (χ0n) is 12.6. The second-order valence-electron chi connectivity index (χ2n) is 5.21. The summed E-state index contributed by atoms with van der Waals surface area (Å²) in [5.74, 6) is -1.11. The summed E-state index contributed by atoms with van der Waals surface area (Å²) in [6.45, 7) is 3.75. The average Bonchev–Trinajstić information content (AvgIpc) is 2.86. The van der Waals surface area contributed by atoms with Gasteiger partial charge in [-0.2, -0.15) is 0 Å². The van der Waals surface area contributed by atoms with Crippen molar-refractivity contribution in [2.75, 3.05) is 0 Å². The molecule has 0 saturated carbocycles. The van der Waals surface area contributed by atoms with E-state index in [2.05, 4.69) is 15.2 Å². The lowest BCUT2D eigenvalue weighted by Gasteiger charge is -2.00. The van der Waals surface area contributed by atoms with Gasteiger partial charge in [0.1, 0.15) is 17.1 Å². The molecule has 0 amide bonds. The van der Waals surface area contributed by atoms with E-state index in [-0.39, 0.29) is 22.9 Å². The lowest BCUT2D eigenvalue weighted by Crippen LogP contribution is -1.96. The summed E-state index contributed by atoms with van der Waals surface area (Å²) in [4.78, 5) is 15.5. The van der Waals surface area contributed by atoms with Crippen LogP contribution in [0, 0.1) is 13.8 Å². The van der Waals surface area contributed by atoms with E-state index in [0.29, 0.717) is 5.65 Å². The van der Waals surface area contributed by atoms with Crippen molar-refractivity contribution in [3.63, 3.8) is 0 Å². The molecule has 0 aliphatic heterocycles. The first kappa shape index (κ1) is 14.7. The molecule has 0 atom stereocenters. The fourth-order valence-corrected chi connectivity index (χ4v) is 2.19. The minimum Gasteiger partial charge on any atom is -0.506 e. The molecule has 2 N–H and O–H groups in total. The monoisotopic (exact) mass is 310 g/mol. The Kier molecular flexibility index (Phi) is 3.53. The van der Waals surface area contributed by atoms with E-state index in [1.165, 1.54) is 6.07 Å². The van der Waals surface area contributed by atoms with Crippen LogP contribution in [0.4, 0.5) is 11.5 Å². The van der Waals surface area contributed by atoms with Crippen molar-refractivity contribution in [3.8, 4) is 5.75 Å². The first-order valence-electron chi connectivity index (χ1n) is 6.89. The van der Waals surface area contributed by atoms with E-state index in [0.717, 1.165) is 11.1 Å². The predicted molar refractivity (Wildman–Crippen MR) is 83.9 cm³/mol. The van der Waals surface area contributed by atoms with Gasteiger partial charge in [-0.3, -0.25) is 4.40 Å². The molecule has 3 rings (SSSR count). The molecule has 0 saturated heterocycles. The number of aromatic hydroxyl groups is 1. The molecule has 0 spiro atoms. The summed E-state index contributed by atoms with van der Waals surface area (Å²) >= 11 is 0. The first-order chi connectivity index (χ1) is 11.0. The molecule has 7 heteroatoms. The van der Waals surface area contributed by atoms with Gasteiger partial charge in [-0.1, -0.05) is 6.07 Å². The maximum atomic E-state index is 11.4. The summed E-state index contributed by atoms with van der Waals surface area (Å²) < 4.78 is 1.55. The van der Waals surface area contributed by atoms with E-state index in [4.69, 9.17) is 0 Å². The molecular formula is C16H14N4O3.